The number of fused-ring (bicyclic) bond motifs is 1. The van der Waals surface area contributed by atoms with Crippen molar-refractivity contribution < 1.29 is 19.1 Å². The van der Waals surface area contributed by atoms with E-state index in [1.807, 2.05) is 36.4 Å². The Labute approximate surface area is 218 Å². The molecule has 0 saturated carbocycles. The zero-order valence-electron chi connectivity index (χ0n) is 20.1. The van der Waals surface area contributed by atoms with Gasteiger partial charge in [0.1, 0.15) is 11.8 Å². The maximum atomic E-state index is 13.0. The van der Waals surface area contributed by atoms with Crippen LogP contribution in [0, 0.1) is 0 Å². The lowest BCUT2D eigenvalue weighted by molar-refractivity contribution is -0.139. The van der Waals surface area contributed by atoms with Gasteiger partial charge in [-0.25, -0.2) is 9.79 Å². The molecule has 3 aromatic rings. The average Bonchev–Trinajstić information content (AvgIpc) is 2.87. The molecule has 0 fully saturated rings. The molecule has 1 aliphatic heterocycles. The molecule has 1 amide bonds. The molecule has 2 N–H and O–H groups in total. The minimum Gasteiger partial charge on any atom is -0.496 e. The Morgan fingerprint density at radius 3 is 2.61 bits per heavy atom. The number of hydrogen-bond acceptors (Lipinski definition) is 7. The van der Waals surface area contributed by atoms with Gasteiger partial charge < -0.3 is 20.1 Å². The van der Waals surface area contributed by atoms with Gasteiger partial charge in [0.2, 0.25) is 5.91 Å². The molecule has 0 aliphatic carbocycles. The molecule has 9 heteroatoms. The molecule has 0 saturated heterocycles. The summed E-state index contributed by atoms with van der Waals surface area (Å²) in [5, 5.41) is 8.86. The molecular weight excluding hydrogens is 498 g/mol. The molecule has 3 aromatic carbocycles. The summed E-state index contributed by atoms with van der Waals surface area (Å²) in [6, 6.07) is 18.1. The summed E-state index contributed by atoms with van der Waals surface area (Å²) in [6.07, 6.45) is 0. The van der Waals surface area contributed by atoms with Gasteiger partial charge in [-0.2, -0.15) is 0 Å². The van der Waals surface area contributed by atoms with Crippen molar-refractivity contribution in [1.29, 1.82) is 0 Å². The van der Waals surface area contributed by atoms with Crippen LogP contribution in [-0.2, 0) is 14.3 Å². The van der Waals surface area contributed by atoms with E-state index >= 15 is 0 Å². The smallest absolute Gasteiger partial charge is 0.338 e. The number of thioether (sulfide) groups is 1. The number of carbonyl (C=O) groups excluding carboxylic acids is 2. The van der Waals surface area contributed by atoms with E-state index in [-0.39, 0.29) is 18.3 Å². The summed E-state index contributed by atoms with van der Waals surface area (Å²) in [5.74, 6) is 0.0274. The van der Waals surface area contributed by atoms with Crippen molar-refractivity contribution in [2.24, 2.45) is 4.99 Å². The number of allylic oxidation sites excluding steroid dienone is 1. The second kappa shape index (κ2) is 11.5. The summed E-state index contributed by atoms with van der Waals surface area (Å²) in [7, 11) is 1.59. The number of amidine groups is 1. The molecule has 0 bridgehead atoms. The number of ether oxygens (including phenoxy) is 2. The van der Waals surface area contributed by atoms with E-state index in [1.54, 1.807) is 45.2 Å². The van der Waals surface area contributed by atoms with Crippen molar-refractivity contribution in [3.05, 3.63) is 82.5 Å². The van der Waals surface area contributed by atoms with Crippen molar-refractivity contribution >= 4 is 56.9 Å². The van der Waals surface area contributed by atoms with Crippen molar-refractivity contribution in [3.8, 4) is 5.75 Å². The molecule has 1 atom stereocenters. The lowest BCUT2D eigenvalue weighted by Crippen LogP contribution is -2.31. The number of halogens is 1. The highest BCUT2D eigenvalue weighted by Crippen LogP contribution is 2.41. The predicted molar refractivity (Wildman–Crippen MR) is 146 cm³/mol. The summed E-state index contributed by atoms with van der Waals surface area (Å²) >= 11 is 7.39. The van der Waals surface area contributed by atoms with Gasteiger partial charge in [-0.05, 0) is 42.8 Å². The SMILES string of the molecule is CCOC(=O)C1=C(C)NC(SCC(=O)Nc2ccccc2Cl)=N[C@H]1c1c(OC)ccc2ccccc12. The van der Waals surface area contributed by atoms with Gasteiger partial charge in [-0.15, -0.1) is 0 Å². The van der Waals surface area contributed by atoms with Gasteiger partial charge in [-0.3, -0.25) is 4.79 Å². The number of benzene rings is 3. The Morgan fingerprint density at radius 1 is 1.11 bits per heavy atom. The highest BCUT2D eigenvalue weighted by Gasteiger charge is 2.33. The van der Waals surface area contributed by atoms with E-state index in [1.165, 1.54) is 11.8 Å². The Balaban J connectivity index is 1.68. The number of esters is 1. The summed E-state index contributed by atoms with van der Waals surface area (Å²) in [5.41, 5.74) is 2.31. The number of methoxy groups -OCH3 is 1. The Bertz CT molecular complexity index is 1370. The first kappa shape index (κ1) is 25.6. The van der Waals surface area contributed by atoms with Gasteiger partial charge in [0.25, 0.3) is 0 Å². The van der Waals surface area contributed by atoms with Crippen molar-refractivity contribution in [2.75, 3.05) is 24.8 Å². The number of anilines is 1. The lowest BCUT2D eigenvalue weighted by atomic mass is 9.91. The Hall–Kier alpha value is -3.49. The van der Waals surface area contributed by atoms with Gasteiger partial charge in [0.05, 0.1) is 35.8 Å². The molecule has 0 spiro atoms. The number of nitrogens with one attached hydrogen (secondary N) is 2. The maximum absolute atomic E-state index is 13.0. The molecule has 0 radical (unpaired) electrons. The van der Waals surface area contributed by atoms with E-state index in [9.17, 15) is 9.59 Å². The van der Waals surface area contributed by atoms with Crippen molar-refractivity contribution in [1.82, 2.24) is 5.32 Å². The number of aliphatic imine (C=N–C) groups is 1. The van der Waals surface area contributed by atoms with Crippen LogP contribution in [-0.4, -0.2) is 36.5 Å². The molecule has 1 aliphatic rings. The number of rotatable bonds is 7. The standard InChI is InChI=1S/C27H26ClN3O4S/c1-4-35-26(33)23-16(2)29-27(36-15-22(32)30-20-12-8-7-11-19(20)28)31-25(23)24-18-10-6-5-9-17(18)13-14-21(24)34-3/h5-14,25H,4,15H2,1-3H3,(H,29,31)(H,30,32)/t25-/m1/s1. The minimum absolute atomic E-state index is 0.0957. The van der Waals surface area contributed by atoms with Gasteiger partial charge in [0, 0.05) is 11.3 Å². The van der Waals surface area contributed by atoms with E-state index < -0.39 is 12.0 Å². The van der Waals surface area contributed by atoms with Crippen LogP contribution in [0.3, 0.4) is 0 Å². The zero-order chi connectivity index (χ0) is 25.7. The third-order valence-corrected chi connectivity index (χ3v) is 6.84. The average molecular weight is 524 g/mol. The Morgan fingerprint density at radius 2 is 1.86 bits per heavy atom. The van der Waals surface area contributed by atoms with E-state index in [2.05, 4.69) is 10.6 Å². The first-order valence-corrected chi connectivity index (χ1v) is 12.7. The van der Waals surface area contributed by atoms with Crippen LogP contribution in [0.1, 0.15) is 25.5 Å². The van der Waals surface area contributed by atoms with E-state index in [0.717, 1.165) is 16.3 Å². The minimum atomic E-state index is -0.680. The van der Waals surface area contributed by atoms with Crippen LogP contribution in [0.25, 0.3) is 10.8 Å². The first-order chi connectivity index (χ1) is 17.4. The first-order valence-electron chi connectivity index (χ1n) is 11.4. The molecule has 36 heavy (non-hydrogen) atoms. The fourth-order valence-corrected chi connectivity index (χ4v) is 4.95. The fourth-order valence-electron chi connectivity index (χ4n) is 4.02. The van der Waals surface area contributed by atoms with Gasteiger partial charge in [-0.1, -0.05) is 65.8 Å². The molecule has 186 valence electrons. The highest BCUT2D eigenvalue weighted by molar-refractivity contribution is 8.14. The third-order valence-electron chi connectivity index (χ3n) is 5.63. The van der Waals surface area contributed by atoms with Crippen LogP contribution in [0.5, 0.6) is 5.75 Å². The van der Waals surface area contributed by atoms with Crippen LogP contribution in [0.4, 0.5) is 5.69 Å². The molecule has 1 heterocycles. The van der Waals surface area contributed by atoms with Crippen LogP contribution < -0.4 is 15.4 Å². The molecule has 4 rings (SSSR count). The molecule has 0 unspecified atom stereocenters. The number of nitrogens with zero attached hydrogens (tertiary/aromatic N) is 1. The maximum Gasteiger partial charge on any atom is 0.338 e. The topological polar surface area (TPSA) is 89.0 Å². The second-order valence-electron chi connectivity index (χ2n) is 7.94. The normalized spacial score (nSPS) is 15.2. The van der Waals surface area contributed by atoms with Crippen LogP contribution >= 0.6 is 23.4 Å². The summed E-state index contributed by atoms with van der Waals surface area (Å²) in [4.78, 5) is 30.5. The number of amides is 1. The number of hydrogen-bond donors (Lipinski definition) is 2. The van der Waals surface area contributed by atoms with Crippen molar-refractivity contribution in [3.63, 3.8) is 0 Å². The monoisotopic (exact) mass is 523 g/mol. The van der Waals surface area contributed by atoms with Crippen LogP contribution in [0.15, 0.2) is 76.9 Å². The second-order valence-corrected chi connectivity index (χ2v) is 9.31. The summed E-state index contributed by atoms with van der Waals surface area (Å²) in [6.45, 7) is 3.80. The van der Waals surface area contributed by atoms with Crippen LogP contribution in [0.2, 0.25) is 5.02 Å². The van der Waals surface area contributed by atoms with E-state index in [4.69, 9.17) is 26.1 Å². The summed E-state index contributed by atoms with van der Waals surface area (Å²) < 4.78 is 11.1. The van der Waals surface area contributed by atoms with Gasteiger partial charge in [0.15, 0.2) is 5.17 Å². The molecule has 0 aromatic heterocycles. The van der Waals surface area contributed by atoms with Gasteiger partial charge >= 0.3 is 5.97 Å². The zero-order valence-corrected chi connectivity index (χ0v) is 21.7. The fraction of sp³-hybridized carbons (Fsp3) is 0.222. The molecular formula is C27H26ClN3O4S. The van der Waals surface area contributed by atoms with E-state index in [0.29, 0.717) is 32.9 Å². The number of para-hydroxylation sites is 1. The quantitative estimate of drug-likeness (QED) is 0.385. The third kappa shape index (κ3) is 5.50. The predicted octanol–water partition coefficient (Wildman–Crippen LogP) is 5.71. The number of carbonyl (C=O) groups is 2. The van der Waals surface area contributed by atoms with Crippen molar-refractivity contribution in [2.45, 2.75) is 19.9 Å². The largest absolute Gasteiger partial charge is 0.496 e. The lowest BCUT2D eigenvalue weighted by Gasteiger charge is -2.27. The Kier molecular flexibility index (Phi) is 8.18. The highest BCUT2D eigenvalue weighted by atomic mass is 35.5. The molecule has 7 nitrogen and oxygen atoms in total.